The molecule has 0 fully saturated rings. The van der Waals surface area contributed by atoms with Crippen molar-refractivity contribution in [1.29, 1.82) is 0 Å². The highest BCUT2D eigenvalue weighted by Gasteiger charge is 2.17. The zero-order valence-corrected chi connectivity index (χ0v) is 12.4. The predicted molar refractivity (Wildman–Crippen MR) is 79.2 cm³/mol. The third-order valence-corrected chi connectivity index (χ3v) is 3.36. The van der Waals surface area contributed by atoms with Crippen LogP contribution in [0.2, 0.25) is 10.2 Å². The van der Waals surface area contributed by atoms with E-state index in [1.807, 2.05) is 12.1 Å². The summed E-state index contributed by atoms with van der Waals surface area (Å²) in [6.45, 7) is 0.563. The molecule has 0 aromatic carbocycles. The summed E-state index contributed by atoms with van der Waals surface area (Å²) in [7, 11) is 1.71. The maximum absolute atomic E-state index is 12.2. The number of nitrogens with zero attached hydrogens (tertiary/aromatic N) is 3. The highest BCUT2D eigenvalue weighted by molar-refractivity contribution is 6.34. The summed E-state index contributed by atoms with van der Waals surface area (Å²) in [5, 5.41) is 0.551. The monoisotopic (exact) mass is 309 g/mol. The van der Waals surface area contributed by atoms with E-state index < -0.39 is 0 Å². The molecule has 0 aliphatic carbocycles. The fourth-order valence-corrected chi connectivity index (χ4v) is 2.03. The first kappa shape index (κ1) is 14.8. The van der Waals surface area contributed by atoms with Crippen molar-refractivity contribution in [2.24, 2.45) is 0 Å². The van der Waals surface area contributed by atoms with Gasteiger partial charge in [0.25, 0.3) is 5.91 Å². The van der Waals surface area contributed by atoms with Gasteiger partial charge < -0.3 is 4.90 Å². The Hall–Kier alpha value is -1.65. The molecule has 0 bridgehead atoms. The number of carbonyl (C=O) groups is 1. The quantitative estimate of drug-likeness (QED) is 0.815. The molecule has 2 aromatic rings. The van der Waals surface area contributed by atoms with Gasteiger partial charge in [0.15, 0.2) is 0 Å². The Labute approximate surface area is 127 Å². The van der Waals surface area contributed by atoms with Crippen LogP contribution < -0.4 is 0 Å². The van der Waals surface area contributed by atoms with Crippen LogP contribution in [0.15, 0.2) is 36.7 Å². The molecule has 2 aromatic heterocycles. The summed E-state index contributed by atoms with van der Waals surface area (Å²) in [5.74, 6) is -0.244. The molecule has 1 amide bonds. The van der Waals surface area contributed by atoms with Gasteiger partial charge in [-0.25, -0.2) is 4.98 Å². The highest BCUT2D eigenvalue weighted by atomic mass is 35.5. The summed E-state index contributed by atoms with van der Waals surface area (Å²) in [5.41, 5.74) is 1.29. The van der Waals surface area contributed by atoms with Gasteiger partial charge in [0.2, 0.25) is 0 Å². The zero-order chi connectivity index (χ0) is 14.5. The van der Waals surface area contributed by atoms with E-state index >= 15 is 0 Å². The Morgan fingerprint density at radius 2 is 1.90 bits per heavy atom. The van der Waals surface area contributed by atoms with Crippen LogP contribution in [0.5, 0.6) is 0 Å². The van der Waals surface area contributed by atoms with E-state index in [0.717, 1.165) is 12.0 Å². The maximum atomic E-state index is 12.2. The molecular formula is C14H13Cl2N3O. The van der Waals surface area contributed by atoms with Gasteiger partial charge in [-0.2, -0.15) is 0 Å². The summed E-state index contributed by atoms with van der Waals surface area (Å²) < 4.78 is 0. The van der Waals surface area contributed by atoms with Crippen molar-refractivity contribution in [2.45, 2.75) is 6.42 Å². The van der Waals surface area contributed by atoms with Crippen molar-refractivity contribution in [1.82, 2.24) is 14.9 Å². The molecule has 0 spiro atoms. The molecule has 4 nitrogen and oxygen atoms in total. The molecule has 0 saturated carbocycles. The van der Waals surface area contributed by atoms with E-state index in [1.54, 1.807) is 36.5 Å². The number of aromatic nitrogens is 2. The smallest absolute Gasteiger partial charge is 0.273 e. The summed E-state index contributed by atoms with van der Waals surface area (Å²) >= 11 is 11.8. The first-order chi connectivity index (χ1) is 9.58. The molecule has 0 aliphatic heterocycles. The maximum Gasteiger partial charge on any atom is 0.273 e. The summed E-state index contributed by atoms with van der Waals surface area (Å²) in [4.78, 5) is 21.8. The van der Waals surface area contributed by atoms with Crippen LogP contribution in [-0.2, 0) is 6.42 Å². The van der Waals surface area contributed by atoms with E-state index in [-0.39, 0.29) is 16.8 Å². The minimum absolute atomic E-state index is 0.177. The van der Waals surface area contributed by atoms with Crippen molar-refractivity contribution in [3.05, 3.63) is 58.1 Å². The van der Waals surface area contributed by atoms with E-state index in [4.69, 9.17) is 23.2 Å². The summed E-state index contributed by atoms with van der Waals surface area (Å²) in [6.07, 6.45) is 4.20. The van der Waals surface area contributed by atoms with Gasteiger partial charge in [-0.1, -0.05) is 23.2 Å². The second-order valence-electron chi connectivity index (χ2n) is 4.30. The van der Waals surface area contributed by atoms with E-state index in [1.165, 1.54) is 0 Å². The van der Waals surface area contributed by atoms with Gasteiger partial charge in [-0.3, -0.25) is 9.78 Å². The Morgan fingerprint density at radius 1 is 1.20 bits per heavy atom. The zero-order valence-electron chi connectivity index (χ0n) is 10.9. The van der Waals surface area contributed by atoms with Crippen LogP contribution >= 0.6 is 23.2 Å². The third-order valence-electron chi connectivity index (χ3n) is 2.85. The molecule has 2 rings (SSSR count). The molecule has 2 heterocycles. The molecule has 0 saturated heterocycles. The van der Waals surface area contributed by atoms with Crippen LogP contribution in [-0.4, -0.2) is 34.4 Å². The lowest BCUT2D eigenvalue weighted by molar-refractivity contribution is 0.0791. The first-order valence-corrected chi connectivity index (χ1v) is 6.80. The predicted octanol–water partition coefficient (Wildman–Crippen LogP) is 3.10. The third kappa shape index (κ3) is 3.68. The van der Waals surface area contributed by atoms with Crippen molar-refractivity contribution >= 4 is 29.1 Å². The number of hydrogen-bond acceptors (Lipinski definition) is 3. The molecular weight excluding hydrogens is 297 g/mol. The minimum atomic E-state index is -0.244. The SMILES string of the molecule is CN(CCc1ccncc1)C(=O)c1nc(Cl)ccc1Cl. The van der Waals surface area contributed by atoms with E-state index in [0.29, 0.717) is 11.6 Å². The lowest BCUT2D eigenvalue weighted by Gasteiger charge is -2.17. The van der Waals surface area contributed by atoms with Gasteiger partial charge in [0, 0.05) is 26.0 Å². The average Bonchev–Trinajstić information content (AvgIpc) is 2.47. The van der Waals surface area contributed by atoms with Crippen LogP contribution in [0.4, 0.5) is 0 Å². The number of pyridine rings is 2. The number of amides is 1. The second-order valence-corrected chi connectivity index (χ2v) is 5.09. The van der Waals surface area contributed by atoms with Gasteiger partial charge in [-0.15, -0.1) is 0 Å². The largest absolute Gasteiger partial charge is 0.340 e. The molecule has 0 N–H and O–H groups in total. The number of rotatable bonds is 4. The normalized spacial score (nSPS) is 10.3. The van der Waals surface area contributed by atoms with E-state index in [2.05, 4.69) is 9.97 Å². The van der Waals surface area contributed by atoms with E-state index in [9.17, 15) is 4.79 Å². The Kier molecular flexibility index (Phi) is 4.93. The van der Waals surface area contributed by atoms with Crippen LogP contribution in [0.25, 0.3) is 0 Å². The first-order valence-electron chi connectivity index (χ1n) is 6.04. The minimum Gasteiger partial charge on any atom is -0.340 e. The lowest BCUT2D eigenvalue weighted by atomic mass is 10.2. The average molecular weight is 310 g/mol. The molecule has 0 radical (unpaired) electrons. The highest BCUT2D eigenvalue weighted by Crippen LogP contribution is 2.18. The van der Waals surface area contributed by atoms with Gasteiger partial charge in [0.1, 0.15) is 10.8 Å². The number of likely N-dealkylation sites (N-methyl/N-ethyl adjacent to an activating group) is 1. The fourth-order valence-electron chi connectivity index (χ4n) is 1.70. The van der Waals surface area contributed by atoms with Gasteiger partial charge >= 0.3 is 0 Å². The molecule has 0 unspecified atom stereocenters. The van der Waals surface area contributed by atoms with Crippen LogP contribution in [0.3, 0.4) is 0 Å². The van der Waals surface area contributed by atoms with Crippen molar-refractivity contribution in [2.75, 3.05) is 13.6 Å². The molecule has 20 heavy (non-hydrogen) atoms. The fraction of sp³-hybridized carbons (Fsp3) is 0.214. The number of hydrogen-bond donors (Lipinski definition) is 0. The number of halogens is 2. The number of carbonyl (C=O) groups excluding carboxylic acids is 1. The Balaban J connectivity index is 2.03. The standard InChI is InChI=1S/C14H13Cl2N3O/c1-19(9-6-10-4-7-17-8-5-10)14(20)13-11(15)2-3-12(16)18-13/h2-5,7-8H,6,9H2,1H3. The van der Waals surface area contributed by atoms with Crippen LogP contribution in [0, 0.1) is 0 Å². The Bertz CT molecular complexity index is 605. The van der Waals surface area contributed by atoms with Crippen LogP contribution in [0.1, 0.15) is 16.1 Å². The molecule has 6 heteroatoms. The lowest BCUT2D eigenvalue weighted by Crippen LogP contribution is -2.29. The Morgan fingerprint density at radius 3 is 2.60 bits per heavy atom. The van der Waals surface area contributed by atoms with Gasteiger partial charge in [0.05, 0.1) is 5.02 Å². The summed E-state index contributed by atoms with van der Waals surface area (Å²) in [6, 6.07) is 6.96. The topological polar surface area (TPSA) is 46.1 Å². The van der Waals surface area contributed by atoms with Gasteiger partial charge in [-0.05, 0) is 36.2 Å². The van der Waals surface area contributed by atoms with Crippen molar-refractivity contribution in [3.63, 3.8) is 0 Å². The van der Waals surface area contributed by atoms with Crippen molar-refractivity contribution < 1.29 is 4.79 Å². The second kappa shape index (κ2) is 6.68. The van der Waals surface area contributed by atoms with Crippen molar-refractivity contribution in [3.8, 4) is 0 Å². The molecule has 104 valence electrons. The molecule has 0 atom stereocenters. The molecule has 0 aliphatic rings.